The maximum absolute atomic E-state index is 12.8. The van der Waals surface area contributed by atoms with Crippen LogP contribution in [-0.2, 0) is 11.3 Å². The number of hydrogen-bond acceptors (Lipinski definition) is 4. The zero-order chi connectivity index (χ0) is 23.4. The number of likely N-dealkylation sites (tertiary alicyclic amines) is 1. The SMILES string of the molecule is COCCCC(=O)c1ccc2nn(CC3CCN(C(=O)c4ccc(Br)cc4)CC3)cc2c1C. The molecule has 3 aromatic rings. The average molecular weight is 512 g/mol. The normalized spacial score (nSPS) is 14.7. The number of fused-ring (bicyclic) bond motifs is 1. The lowest BCUT2D eigenvalue weighted by atomic mass is 9.96. The highest BCUT2D eigenvalue weighted by atomic mass is 79.9. The van der Waals surface area contributed by atoms with E-state index in [2.05, 4.69) is 22.1 Å². The Kier molecular flexibility index (Phi) is 7.60. The third-order valence-electron chi connectivity index (χ3n) is 6.50. The van der Waals surface area contributed by atoms with Crippen LogP contribution in [0.15, 0.2) is 47.1 Å². The molecule has 2 aromatic carbocycles. The van der Waals surface area contributed by atoms with Crippen LogP contribution in [0.2, 0.25) is 0 Å². The topological polar surface area (TPSA) is 64.4 Å². The highest BCUT2D eigenvalue weighted by Gasteiger charge is 2.24. The van der Waals surface area contributed by atoms with Crippen molar-refractivity contribution in [3.8, 4) is 0 Å². The van der Waals surface area contributed by atoms with Gasteiger partial charge in [-0.05, 0) is 74.1 Å². The van der Waals surface area contributed by atoms with Crippen LogP contribution in [0, 0.1) is 12.8 Å². The minimum Gasteiger partial charge on any atom is -0.385 e. The summed E-state index contributed by atoms with van der Waals surface area (Å²) in [6.07, 6.45) is 5.21. The van der Waals surface area contributed by atoms with Crippen molar-refractivity contribution >= 4 is 38.5 Å². The molecule has 1 fully saturated rings. The van der Waals surface area contributed by atoms with Crippen LogP contribution in [0.25, 0.3) is 10.9 Å². The summed E-state index contributed by atoms with van der Waals surface area (Å²) in [6.45, 7) is 4.95. The van der Waals surface area contributed by atoms with E-state index in [1.165, 1.54) is 0 Å². The molecule has 0 bridgehead atoms. The van der Waals surface area contributed by atoms with Crippen LogP contribution in [0.1, 0.15) is 52.0 Å². The Bertz CT molecular complexity index is 1130. The number of benzene rings is 2. The van der Waals surface area contributed by atoms with E-state index in [4.69, 9.17) is 9.84 Å². The van der Waals surface area contributed by atoms with Crippen LogP contribution in [0.5, 0.6) is 0 Å². The summed E-state index contributed by atoms with van der Waals surface area (Å²) in [5, 5.41) is 5.79. The van der Waals surface area contributed by atoms with Gasteiger partial charge in [0.2, 0.25) is 0 Å². The molecule has 0 N–H and O–H groups in total. The molecule has 1 saturated heterocycles. The first-order valence-corrected chi connectivity index (χ1v) is 12.3. The number of nitrogens with zero attached hydrogens (tertiary/aromatic N) is 3. The fourth-order valence-corrected chi connectivity index (χ4v) is 4.81. The lowest BCUT2D eigenvalue weighted by Gasteiger charge is -2.32. The number of aryl methyl sites for hydroxylation is 1. The second kappa shape index (κ2) is 10.6. The molecule has 6 nitrogen and oxygen atoms in total. The van der Waals surface area contributed by atoms with Gasteiger partial charge in [0.25, 0.3) is 5.91 Å². The standard InChI is InChI=1S/C26H30BrN3O3/c1-18-22(25(31)4-3-15-33-2)9-10-24-23(18)17-30(28-24)16-19-11-13-29(14-12-19)26(32)20-5-7-21(27)8-6-20/h5-10,17,19H,3-4,11-16H2,1-2H3. The van der Waals surface area contributed by atoms with Gasteiger partial charge in [0.05, 0.1) is 5.52 Å². The van der Waals surface area contributed by atoms with Gasteiger partial charge in [0, 0.05) is 67.0 Å². The van der Waals surface area contributed by atoms with Crippen LogP contribution in [-0.4, -0.2) is 53.2 Å². The van der Waals surface area contributed by atoms with Gasteiger partial charge in [0.15, 0.2) is 5.78 Å². The number of amides is 1. The molecule has 1 aliphatic heterocycles. The molecular weight excluding hydrogens is 482 g/mol. The number of carbonyl (C=O) groups is 2. The quantitative estimate of drug-likeness (QED) is 0.305. The minimum absolute atomic E-state index is 0.101. The second-order valence-corrected chi connectivity index (χ2v) is 9.70. The fraction of sp³-hybridized carbons (Fsp3) is 0.423. The molecule has 1 aliphatic rings. The molecule has 0 saturated carbocycles. The number of rotatable bonds is 8. The number of piperidine rings is 1. The molecule has 4 rings (SSSR count). The Balaban J connectivity index is 1.37. The first-order valence-electron chi connectivity index (χ1n) is 11.5. The lowest BCUT2D eigenvalue weighted by molar-refractivity contribution is 0.0681. The van der Waals surface area contributed by atoms with Crippen molar-refractivity contribution in [2.75, 3.05) is 26.8 Å². The summed E-state index contributed by atoms with van der Waals surface area (Å²) in [5.41, 5.74) is 3.43. The number of ether oxygens (including phenoxy) is 1. The number of hydrogen-bond donors (Lipinski definition) is 0. The van der Waals surface area contributed by atoms with Gasteiger partial charge in [-0.2, -0.15) is 5.10 Å². The molecule has 174 valence electrons. The molecule has 0 unspecified atom stereocenters. The molecule has 2 heterocycles. The zero-order valence-corrected chi connectivity index (χ0v) is 20.8. The van der Waals surface area contributed by atoms with Gasteiger partial charge in [-0.3, -0.25) is 14.3 Å². The monoisotopic (exact) mass is 511 g/mol. The predicted molar refractivity (Wildman–Crippen MR) is 133 cm³/mol. The molecule has 1 aromatic heterocycles. The highest BCUT2D eigenvalue weighted by Crippen LogP contribution is 2.25. The van der Waals surface area contributed by atoms with Gasteiger partial charge >= 0.3 is 0 Å². The summed E-state index contributed by atoms with van der Waals surface area (Å²) in [7, 11) is 1.65. The Hall–Kier alpha value is -2.51. The maximum Gasteiger partial charge on any atom is 0.253 e. The second-order valence-electron chi connectivity index (χ2n) is 8.78. The molecule has 0 atom stereocenters. The smallest absolute Gasteiger partial charge is 0.253 e. The summed E-state index contributed by atoms with van der Waals surface area (Å²) >= 11 is 3.42. The van der Waals surface area contributed by atoms with E-state index in [0.717, 1.165) is 71.0 Å². The molecule has 7 heteroatoms. The first-order chi connectivity index (χ1) is 16.0. The van der Waals surface area contributed by atoms with Crippen molar-refractivity contribution in [3.05, 3.63) is 63.8 Å². The Morgan fingerprint density at radius 2 is 1.85 bits per heavy atom. The van der Waals surface area contributed by atoms with Gasteiger partial charge < -0.3 is 9.64 Å². The van der Waals surface area contributed by atoms with Crippen LogP contribution in [0.3, 0.4) is 0 Å². The van der Waals surface area contributed by atoms with Crippen LogP contribution in [0.4, 0.5) is 0 Å². The van der Waals surface area contributed by atoms with Gasteiger partial charge in [0.1, 0.15) is 0 Å². The first kappa shape index (κ1) is 23.6. The molecule has 33 heavy (non-hydrogen) atoms. The van der Waals surface area contributed by atoms with Crippen molar-refractivity contribution < 1.29 is 14.3 Å². The Morgan fingerprint density at radius 1 is 1.12 bits per heavy atom. The predicted octanol–water partition coefficient (Wildman–Crippen LogP) is 5.27. The van der Waals surface area contributed by atoms with E-state index < -0.39 is 0 Å². The molecule has 1 amide bonds. The lowest BCUT2D eigenvalue weighted by Crippen LogP contribution is -2.39. The number of Topliss-reactive ketones (excluding diaryl/α,β-unsaturated/α-hetero) is 1. The number of halogens is 1. The number of ketones is 1. The molecule has 0 radical (unpaired) electrons. The van der Waals surface area contributed by atoms with Crippen molar-refractivity contribution in [1.82, 2.24) is 14.7 Å². The average Bonchev–Trinajstić information content (AvgIpc) is 3.23. The highest BCUT2D eigenvalue weighted by molar-refractivity contribution is 9.10. The summed E-state index contributed by atoms with van der Waals surface area (Å²) in [5.74, 6) is 0.731. The van der Waals surface area contributed by atoms with Crippen LogP contribution < -0.4 is 0 Å². The van der Waals surface area contributed by atoms with E-state index in [0.29, 0.717) is 18.9 Å². The largest absolute Gasteiger partial charge is 0.385 e. The number of carbonyl (C=O) groups excluding carboxylic acids is 2. The van der Waals surface area contributed by atoms with Crippen molar-refractivity contribution in [3.63, 3.8) is 0 Å². The molecular formula is C26H30BrN3O3. The Morgan fingerprint density at radius 3 is 2.55 bits per heavy atom. The molecule has 0 aliphatic carbocycles. The van der Waals surface area contributed by atoms with E-state index in [9.17, 15) is 9.59 Å². The number of aromatic nitrogens is 2. The molecule has 0 spiro atoms. The maximum atomic E-state index is 12.8. The van der Waals surface area contributed by atoms with Gasteiger partial charge in [-0.25, -0.2) is 0 Å². The fourth-order valence-electron chi connectivity index (χ4n) is 4.55. The summed E-state index contributed by atoms with van der Waals surface area (Å²) in [4.78, 5) is 27.3. The third kappa shape index (κ3) is 5.53. The van der Waals surface area contributed by atoms with Crippen molar-refractivity contribution in [2.45, 2.75) is 39.2 Å². The summed E-state index contributed by atoms with van der Waals surface area (Å²) < 4.78 is 8.04. The van der Waals surface area contributed by atoms with Gasteiger partial charge in [-0.15, -0.1) is 0 Å². The third-order valence-corrected chi connectivity index (χ3v) is 7.03. The van der Waals surface area contributed by atoms with Crippen molar-refractivity contribution in [1.29, 1.82) is 0 Å². The number of methoxy groups -OCH3 is 1. The Labute approximate surface area is 203 Å². The van der Waals surface area contributed by atoms with Gasteiger partial charge in [-0.1, -0.05) is 15.9 Å². The van der Waals surface area contributed by atoms with Crippen molar-refractivity contribution in [2.24, 2.45) is 5.92 Å². The van der Waals surface area contributed by atoms with Crippen LogP contribution >= 0.6 is 15.9 Å². The van der Waals surface area contributed by atoms with E-state index in [1.54, 1.807) is 7.11 Å². The van der Waals surface area contributed by atoms with E-state index in [1.807, 2.05) is 52.9 Å². The van der Waals surface area contributed by atoms with E-state index >= 15 is 0 Å². The van der Waals surface area contributed by atoms with E-state index in [-0.39, 0.29) is 11.7 Å². The zero-order valence-electron chi connectivity index (χ0n) is 19.2. The minimum atomic E-state index is 0.101. The summed E-state index contributed by atoms with van der Waals surface area (Å²) in [6, 6.07) is 11.4.